The van der Waals surface area contributed by atoms with Gasteiger partial charge in [-0.2, -0.15) is 0 Å². The largest absolute Gasteiger partial charge is 0.480 e. The van der Waals surface area contributed by atoms with Crippen LogP contribution in [-0.2, 0) is 26.5 Å². The molecule has 1 spiro atoms. The van der Waals surface area contributed by atoms with Crippen molar-refractivity contribution in [3.63, 3.8) is 0 Å². The van der Waals surface area contributed by atoms with E-state index in [0.717, 1.165) is 16.8 Å². The van der Waals surface area contributed by atoms with E-state index in [9.17, 15) is 29.1 Å². The molecule has 3 aliphatic heterocycles. The molecule has 0 bridgehead atoms. The van der Waals surface area contributed by atoms with E-state index in [2.05, 4.69) is 20.9 Å². The average molecular weight is 696 g/mol. The highest BCUT2D eigenvalue weighted by atomic mass is 16.4. The van der Waals surface area contributed by atoms with Crippen LogP contribution in [-0.4, -0.2) is 101 Å². The lowest BCUT2D eigenvalue weighted by Crippen LogP contribution is -2.60. The fourth-order valence-corrected chi connectivity index (χ4v) is 7.62. The summed E-state index contributed by atoms with van der Waals surface area (Å²) in [5.41, 5.74) is 1.49. The summed E-state index contributed by atoms with van der Waals surface area (Å²) in [6.07, 6.45) is 1.75. The van der Waals surface area contributed by atoms with Gasteiger partial charge in [0.25, 0.3) is 0 Å². The summed E-state index contributed by atoms with van der Waals surface area (Å²) in [6.45, 7) is 3.28. The lowest BCUT2D eigenvalue weighted by atomic mass is 9.81. The minimum atomic E-state index is -1.36. The van der Waals surface area contributed by atoms with Crippen molar-refractivity contribution >= 4 is 35.5 Å². The Morgan fingerprint density at radius 3 is 1.90 bits per heavy atom. The zero-order chi connectivity index (χ0) is 36.0. The van der Waals surface area contributed by atoms with Gasteiger partial charge >= 0.3 is 18.0 Å². The maximum Gasteiger partial charge on any atom is 0.328 e. The van der Waals surface area contributed by atoms with Crippen molar-refractivity contribution in [3.8, 4) is 0 Å². The average Bonchev–Trinajstić information content (AvgIpc) is 3.40. The van der Waals surface area contributed by atoms with Gasteiger partial charge in [-0.15, -0.1) is 0 Å². The molecular weight excluding hydrogens is 650 g/mol. The van der Waals surface area contributed by atoms with Gasteiger partial charge in [-0.3, -0.25) is 9.59 Å². The minimum absolute atomic E-state index is 0.0275. The molecule has 0 aliphatic carbocycles. The molecule has 3 aliphatic rings. The molecule has 3 aromatic rings. The van der Waals surface area contributed by atoms with Gasteiger partial charge in [0.1, 0.15) is 11.6 Å². The van der Waals surface area contributed by atoms with Gasteiger partial charge < -0.3 is 40.7 Å². The number of hydrogen-bond acceptors (Lipinski definition) is 6. The number of carboxylic acid groups (broad SMARTS) is 1. The lowest BCUT2D eigenvalue weighted by Gasteiger charge is -2.43. The van der Waals surface area contributed by atoms with E-state index in [1.165, 1.54) is 11.8 Å². The first-order chi connectivity index (χ1) is 24.6. The Morgan fingerprint density at radius 1 is 0.765 bits per heavy atom. The van der Waals surface area contributed by atoms with Crippen LogP contribution in [0.5, 0.6) is 0 Å². The van der Waals surface area contributed by atoms with Crippen molar-refractivity contribution in [1.82, 2.24) is 30.7 Å². The van der Waals surface area contributed by atoms with Crippen LogP contribution in [0.15, 0.2) is 91.0 Å². The molecule has 0 saturated carbocycles. The van der Waals surface area contributed by atoms with Crippen LogP contribution in [0, 0.1) is 0 Å². The predicted molar refractivity (Wildman–Crippen MR) is 190 cm³/mol. The van der Waals surface area contributed by atoms with Crippen molar-refractivity contribution in [1.29, 1.82) is 0 Å². The molecular formula is C38H45N7O6. The summed E-state index contributed by atoms with van der Waals surface area (Å²) in [6, 6.07) is 26.9. The van der Waals surface area contributed by atoms with Crippen LogP contribution < -0.4 is 20.9 Å². The Labute approximate surface area is 297 Å². The fourth-order valence-electron chi connectivity index (χ4n) is 7.62. The van der Waals surface area contributed by atoms with Gasteiger partial charge in [0.15, 0.2) is 0 Å². The quantitative estimate of drug-likeness (QED) is 0.268. The molecule has 3 saturated heterocycles. The smallest absolute Gasteiger partial charge is 0.328 e. The highest BCUT2D eigenvalue weighted by Crippen LogP contribution is 2.40. The Kier molecular flexibility index (Phi) is 10.4. The van der Waals surface area contributed by atoms with E-state index in [-0.39, 0.29) is 18.4 Å². The SMILES string of the molecule is CC(=O)NC1(c2ccccc2)CCN(C(=O)NC(CNC(=O)N2CCC3(CC2)C(=O)N(Cc2ccccc2)CN3c2ccccc2)C(=O)O)CC1. The molecule has 3 heterocycles. The third kappa shape index (κ3) is 7.62. The third-order valence-electron chi connectivity index (χ3n) is 10.4. The number of piperidine rings is 2. The number of para-hydroxylation sites is 1. The van der Waals surface area contributed by atoms with Gasteiger partial charge in [-0.25, -0.2) is 14.4 Å². The van der Waals surface area contributed by atoms with E-state index < -0.39 is 35.2 Å². The molecule has 268 valence electrons. The molecule has 4 N–H and O–H groups in total. The maximum atomic E-state index is 14.1. The van der Waals surface area contributed by atoms with Gasteiger partial charge in [0.2, 0.25) is 11.8 Å². The van der Waals surface area contributed by atoms with E-state index in [4.69, 9.17) is 0 Å². The number of anilines is 1. The van der Waals surface area contributed by atoms with Crippen LogP contribution >= 0.6 is 0 Å². The maximum absolute atomic E-state index is 14.1. The highest BCUT2D eigenvalue weighted by Gasteiger charge is 2.54. The van der Waals surface area contributed by atoms with E-state index >= 15 is 0 Å². The van der Waals surface area contributed by atoms with Crippen LogP contribution in [0.1, 0.15) is 43.7 Å². The van der Waals surface area contributed by atoms with Crippen LogP contribution in [0.25, 0.3) is 0 Å². The van der Waals surface area contributed by atoms with Crippen LogP contribution in [0.3, 0.4) is 0 Å². The molecule has 6 amide bonds. The number of benzene rings is 3. The van der Waals surface area contributed by atoms with Gasteiger partial charge in [0.05, 0.1) is 18.8 Å². The molecule has 3 aromatic carbocycles. The third-order valence-corrected chi connectivity index (χ3v) is 10.4. The Balaban J connectivity index is 1.04. The van der Waals surface area contributed by atoms with Gasteiger partial charge in [-0.05, 0) is 48.9 Å². The summed E-state index contributed by atoms with van der Waals surface area (Å²) in [5, 5.41) is 18.2. The summed E-state index contributed by atoms with van der Waals surface area (Å²) >= 11 is 0. The van der Waals surface area contributed by atoms with Crippen molar-refractivity contribution < 1.29 is 29.1 Å². The molecule has 6 rings (SSSR count). The first kappa shape index (κ1) is 35.2. The van der Waals surface area contributed by atoms with Crippen LogP contribution in [0.2, 0.25) is 0 Å². The van der Waals surface area contributed by atoms with E-state index in [1.807, 2.05) is 95.9 Å². The summed E-state index contributed by atoms with van der Waals surface area (Å²) < 4.78 is 0. The monoisotopic (exact) mass is 695 g/mol. The molecule has 1 atom stereocenters. The molecule has 3 fully saturated rings. The molecule has 1 unspecified atom stereocenters. The Hall–Kier alpha value is -5.59. The number of likely N-dealkylation sites (tertiary alicyclic amines) is 2. The topological polar surface area (TPSA) is 155 Å². The number of nitrogens with one attached hydrogen (secondary N) is 3. The van der Waals surface area contributed by atoms with E-state index in [0.29, 0.717) is 65.1 Å². The summed E-state index contributed by atoms with van der Waals surface area (Å²) in [5.74, 6) is -1.42. The molecule has 51 heavy (non-hydrogen) atoms. The van der Waals surface area contributed by atoms with Crippen molar-refractivity contribution in [2.45, 2.75) is 56.3 Å². The number of nitrogens with zero attached hydrogens (tertiary/aromatic N) is 4. The zero-order valence-electron chi connectivity index (χ0n) is 28.8. The summed E-state index contributed by atoms with van der Waals surface area (Å²) in [7, 11) is 0. The number of rotatable bonds is 9. The first-order valence-electron chi connectivity index (χ1n) is 17.4. The van der Waals surface area contributed by atoms with Gasteiger partial charge in [0, 0.05) is 45.3 Å². The second-order valence-electron chi connectivity index (χ2n) is 13.6. The number of carboxylic acids is 1. The summed E-state index contributed by atoms with van der Waals surface area (Å²) in [4.78, 5) is 71.9. The fraction of sp³-hybridized carbons (Fsp3) is 0.395. The lowest BCUT2D eigenvalue weighted by molar-refractivity contribution is -0.139. The molecule has 0 radical (unpaired) electrons. The molecule has 13 heteroatoms. The second kappa shape index (κ2) is 15.1. The Bertz CT molecular complexity index is 1710. The zero-order valence-corrected chi connectivity index (χ0v) is 28.8. The normalized spacial score (nSPS) is 18.6. The number of aliphatic carboxylic acids is 1. The highest BCUT2D eigenvalue weighted by molar-refractivity contribution is 5.94. The number of carbonyl (C=O) groups excluding carboxylic acids is 4. The molecule has 13 nitrogen and oxygen atoms in total. The van der Waals surface area contributed by atoms with Crippen molar-refractivity contribution in [3.05, 3.63) is 102 Å². The number of amides is 6. The van der Waals surface area contributed by atoms with E-state index in [1.54, 1.807) is 4.90 Å². The van der Waals surface area contributed by atoms with Crippen molar-refractivity contribution in [2.24, 2.45) is 0 Å². The number of hydrogen-bond donors (Lipinski definition) is 4. The van der Waals surface area contributed by atoms with Crippen molar-refractivity contribution in [2.75, 3.05) is 44.3 Å². The number of urea groups is 2. The molecule has 0 aromatic heterocycles. The number of carbonyl (C=O) groups is 5. The standard InChI is InChI=1S/C38H45N7O6/c1-28(46)41-37(30-13-7-3-8-14-30)17-21-43(22-18-37)36(51)40-32(33(47)48)25-39-35(50)42-23-19-38(20-24-42)34(49)44(26-29-11-5-2-6-12-29)27-45(38)31-15-9-4-10-16-31/h2-16,32H,17-27H2,1H3,(H,39,50)(H,40,51)(H,41,46)(H,47,48). The van der Waals surface area contributed by atoms with Gasteiger partial charge in [-0.1, -0.05) is 78.9 Å². The van der Waals surface area contributed by atoms with Crippen LogP contribution in [0.4, 0.5) is 15.3 Å². The Morgan fingerprint density at radius 2 is 1.31 bits per heavy atom. The predicted octanol–water partition coefficient (Wildman–Crippen LogP) is 3.33. The minimum Gasteiger partial charge on any atom is -0.480 e. The first-order valence-corrected chi connectivity index (χ1v) is 17.4. The second-order valence-corrected chi connectivity index (χ2v) is 13.6.